The minimum Gasteiger partial charge on any atom is -0.387 e. The van der Waals surface area contributed by atoms with Crippen LogP contribution in [0.2, 0.25) is 0 Å². The van der Waals surface area contributed by atoms with E-state index < -0.39 is 17.7 Å². The number of carbonyl (C=O) groups is 1. The standard InChI is InChI=1S/C13H18F2N2O3/c1-20-5-4-17-13(19)8-16-7-12(18)10-6-9(14)2-3-11(10)15/h2-3,6,12,16,18H,4-5,7-8H2,1H3,(H,17,19). The number of aliphatic hydroxyl groups is 1. The first kappa shape index (κ1) is 16.5. The van der Waals surface area contributed by atoms with Crippen molar-refractivity contribution in [3.8, 4) is 0 Å². The van der Waals surface area contributed by atoms with E-state index in [4.69, 9.17) is 4.74 Å². The number of benzene rings is 1. The Morgan fingerprint density at radius 1 is 1.45 bits per heavy atom. The monoisotopic (exact) mass is 288 g/mol. The Morgan fingerprint density at radius 3 is 2.90 bits per heavy atom. The van der Waals surface area contributed by atoms with E-state index >= 15 is 0 Å². The molecule has 0 saturated carbocycles. The third kappa shape index (κ3) is 5.60. The molecular weight excluding hydrogens is 270 g/mol. The zero-order valence-corrected chi connectivity index (χ0v) is 11.2. The van der Waals surface area contributed by atoms with Gasteiger partial charge in [0.15, 0.2) is 0 Å². The summed E-state index contributed by atoms with van der Waals surface area (Å²) in [7, 11) is 1.52. The van der Waals surface area contributed by atoms with Gasteiger partial charge in [-0.1, -0.05) is 0 Å². The minimum absolute atomic E-state index is 0.0301. The summed E-state index contributed by atoms with van der Waals surface area (Å²) in [5.41, 5.74) is -0.141. The number of rotatable bonds is 8. The van der Waals surface area contributed by atoms with Gasteiger partial charge in [-0.25, -0.2) is 8.78 Å². The van der Waals surface area contributed by atoms with Crippen molar-refractivity contribution in [1.82, 2.24) is 10.6 Å². The minimum atomic E-state index is -1.22. The molecule has 1 unspecified atom stereocenters. The zero-order valence-electron chi connectivity index (χ0n) is 11.2. The largest absolute Gasteiger partial charge is 0.387 e. The lowest BCUT2D eigenvalue weighted by molar-refractivity contribution is -0.120. The highest BCUT2D eigenvalue weighted by atomic mass is 19.1. The Morgan fingerprint density at radius 2 is 2.20 bits per heavy atom. The van der Waals surface area contributed by atoms with Gasteiger partial charge >= 0.3 is 0 Å². The van der Waals surface area contributed by atoms with E-state index in [0.717, 1.165) is 18.2 Å². The fourth-order valence-corrected chi connectivity index (χ4v) is 1.56. The van der Waals surface area contributed by atoms with Crippen LogP contribution in [0.25, 0.3) is 0 Å². The molecule has 5 nitrogen and oxygen atoms in total. The van der Waals surface area contributed by atoms with Crippen molar-refractivity contribution in [2.24, 2.45) is 0 Å². The SMILES string of the molecule is COCCNC(=O)CNCC(O)c1cc(F)ccc1F. The van der Waals surface area contributed by atoms with Gasteiger partial charge < -0.3 is 20.5 Å². The van der Waals surface area contributed by atoms with Crippen LogP contribution in [0.4, 0.5) is 8.78 Å². The summed E-state index contributed by atoms with van der Waals surface area (Å²) < 4.78 is 31.1. The van der Waals surface area contributed by atoms with Gasteiger partial charge in [0.1, 0.15) is 11.6 Å². The molecular formula is C13H18F2N2O3. The summed E-state index contributed by atoms with van der Waals surface area (Å²) >= 11 is 0. The first-order valence-corrected chi connectivity index (χ1v) is 6.14. The molecule has 1 rings (SSSR count). The van der Waals surface area contributed by atoms with E-state index in [-0.39, 0.29) is 24.6 Å². The molecule has 0 spiro atoms. The summed E-state index contributed by atoms with van der Waals surface area (Å²) in [6, 6.07) is 2.86. The van der Waals surface area contributed by atoms with Gasteiger partial charge in [0, 0.05) is 25.8 Å². The van der Waals surface area contributed by atoms with Gasteiger partial charge in [-0.3, -0.25) is 4.79 Å². The van der Waals surface area contributed by atoms with Crippen LogP contribution in [0, 0.1) is 11.6 Å². The van der Waals surface area contributed by atoms with Crippen LogP contribution in [0.3, 0.4) is 0 Å². The lowest BCUT2D eigenvalue weighted by Gasteiger charge is -2.13. The lowest BCUT2D eigenvalue weighted by Crippen LogP contribution is -2.37. The fourth-order valence-electron chi connectivity index (χ4n) is 1.56. The van der Waals surface area contributed by atoms with Gasteiger partial charge in [-0.2, -0.15) is 0 Å². The molecule has 0 heterocycles. The molecule has 0 fully saturated rings. The van der Waals surface area contributed by atoms with Gasteiger partial charge in [-0.05, 0) is 18.2 Å². The van der Waals surface area contributed by atoms with Crippen molar-refractivity contribution in [1.29, 1.82) is 0 Å². The van der Waals surface area contributed by atoms with Gasteiger partial charge in [0.2, 0.25) is 5.91 Å². The molecule has 0 aromatic heterocycles. The van der Waals surface area contributed by atoms with Crippen molar-refractivity contribution in [2.45, 2.75) is 6.10 Å². The Balaban J connectivity index is 2.34. The number of carbonyl (C=O) groups excluding carboxylic acids is 1. The number of hydrogen-bond acceptors (Lipinski definition) is 4. The number of aliphatic hydroxyl groups excluding tert-OH is 1. The van der Waals surface area contributed by atoms with Crippen molar-refractivity contribution in [2.75, 3.05) is 33.4 Å². The molecule has 1 amide bonds. The number of methoxy groups -OCH3 is 1. The molecule has 0 radical (unpaired) electrons. The van der Waals surface area contributed by atoms with E-state index in [1.807, 2.05) is 0 Å². The predicted octanol–water partition coefficient (Wildman–Crippen LogP) is 0.350. The van der Waals surface area contributed by atoms with Crippen LogP contribution < -0.4 is 10.6 Å². The normalized spacial score (nSPS) is 12.2. The molecule has 7 heteroatoms. The molecule has 1 atom stereocenters. The van der Waals surface area contributed by atoms with Crippen molar-refractivity contribution in [3.05, 3.63) is 35.4 Å². The van der Waals surface area contributed by atoms with E-state index in [1.54, 1.807) is 0 Å². The number of hydrogen-bond donors (Lipinski definition) is 3. The Labute approximate surface area is 115 Å². The first-order chi connectivity index (χ1) is 9.54. The first-order valence-electron chi connectivity index (χ1n) is 6.14. The maximum atomic E-state index is 13.4. The van der Waals surface area contributed by atoms with Crippen molar-refractivity contribution >= 4 is 5.91 Å². The average molecular weight is 288 g/mol. The highest BCUT2D eigenvalue weighted by Crippen LogP contribution is 2.17. The summed E-state index contributed by atoms with van der Waals surface area (Å²) in [4.78, 5) is 11.3. The topological polar surface area (TPSA) is 70.6 Å². The fraction of sp³-hybridized carbons (Fsp3) is 0.462. The van der Waals surface area contributed by atoms with Crippen LogP contribution in [-0.2, 0) is 9.53 Å². The Kier molecular flexibility index (Phi) is 7.06. The second-order valence-corrected chi connectivity index (χ2v) is 4.16. The molecule has 0 aliphatic heterocycles. The van der Waals surface area contributed by atoms with Crippen LogP contribution >= 0.6 is 0 Å². The Hall–Kier alpha value is -1.57. The maximum absolute atomic E-state index is 13.4. The van der Waals surface area contributed by atoms with Crippen LogP contribution in [0.15, 0.2) is 18.2 Å². The molecule has 20 heavy (non-hydrogen) atoms. The van der Waals surface area contributed by atoms with E-state index in [1.165, 1.54) is 7.11 Å². The highest BCUT2D eigenvalue weighted by Gasteiger charge is 2.14. The second-order valence-electron chi connectivity index (χ2n) is 4.16. The molecule has 0 bridgehead atoms. The molecule has 1 aromatic rings. The van der Waals surface area contributed by atoms with E-state index in [2.05, 4.69) is 10.6 Å². The molecule has 3 N–H and O–H groups in total. The number of nitrogens with one attached hydrogen (secondary N) is 2. The number of amides is 1. The Bertz CT molecular complexity index is 444. The van der Waals surface area contributed by atoms with E-state index in [9.17, 15) is 18.7 Å². The summed E-state index contributed by atoms with van der Waals surface area (Å²) in [6.07, 6.45) is -1.22. The maximum Gasteiger partial charge on any atom is 0.234 e. The quantitative estimate of drug-likeness (QED) is 0.604. The highest BCUT2D eigenvalue weighted by molar-refractivity contribution is 5.77. The molecule has 112 valence electrons. The molecule has 0 aliphatic carbocycles. The van der Waals surface area contributed by atoms with Crippen molar-refractivity contribution < 1.29 is 23.4 Å². The molecule has 0 aliphatic rings. The van der Waals surface area contributed by atoms with E-state index in [0.29, 0.717) is 13.2 Å². The zero-order chi connectivity index (χ0) is 15.0. The van der Waals surface area contributed by atoms with Gasteiger partial charge in [-0.15, -0.1) is 0 Å². The van der Waals surface area contributed by atoms with Gasteiger partial charge in [0.25, 0.3) is 0 Å². The summed E-state index contributed by atoms with van der Waals surface area (Å²) in [5.74, 6) is -1.59. The van der Waals surface area contributed by atoms with Gasteiger partial charge in [0.05, 0.1) is 19.3 Å². The molecule has 0 saturated heterocycles. The van der Waals surface area contributed by atoms with Crippen LogP contribution in [0.5, 0.6) is 0 Å². The summed E-state index contributed by atoms with van der Waals surface area (Å²) in [5, 5.41) is 15.0. The molecule has 1 aromatic carbocycles. The second kappa shape index (κ2) is 8.57. The van der Waals surface area contributed by atoms with Crippen molar-refractivity contribution in [3.63, 3.8) is 0 Å². The number of halogens is 2. The van der Waals surface area contributed by atoms with Crippen LogP contribution in [-0.4, -0.2) is 44.4 Å². The smallest absolute Gasteiger partial charge is 0.234 e. The average Bonchev–Trinajstić information content (AvgIpc) is 2.41. The summed E-state index contributed by atoms with van der Waals surface area (Å²) in [6.45, 7) is 0.705. The third-order valence-electron chi connectivity index (χ3n) is 2.57. The van der Waals surface area contributed by atoms with Crippen LogP contribution in [0.1, 0.15) is 11.7 Å². The predicted molar refractivity (Wildman–Crippen MR) is 69.1 cm³/mol. The third-order valence-corrected chi connectivity index (χ3v) is 2.57. The lowest BCUT2D eigenvalue weighted by atomic mass is 10.1. The number of ether oxygens (including phenoxy) is 1.